The fourth-order valence-corrected chi connectivity index (χ4v) is 11.3. The Hall–Kier alpha value is -1.35. The molecule has 2 amide bonds. The average Bonchev–Trinajstić information content (AvgIpc) is 3.06. The Labute approximate surface area is 296 Å². The van der Waals surface area contributed by atoms with Crippen LogP contribution in [0.5, 0.6) is 0 Å². The molecule has 0 aromatic heterocycles. The highest BCUT2D eigenvalue weighted by Gasteiger charge is 2.54. The van der Waals surface area contributed by atoms with E-state index in [1.165, 1.54) is 21.6 Å². The Morgan fingerprint density at radius 1 is 0.717 bits per heavy atom. The molecule has 1 fully saturated rings. The van der Waals surface area contributed by atoms with Gasteiger partial charge in [-0.1, -0.05) is 82.3 Å². The first-order chi connectivity index (χ1) is 22.0. The van der Waals surface area contributed by atoms with Gasteiger partial charge in [0.15, 0.2) is 9.84 Å². The van der Waals surface area contributed by atoms with Crippen molar-refractivity contribution in [1.29, 1.82) is 0 Å². The number of hydrogen-bond acceptors (Lipinski definition) is 15. The van der Waals surface area contributed by atoms with Crippen LogP contribution in [0.4, 0.5) is 0 Å². The van der Waals surface area contributed by atoms with Gasteiger partial charge in [-0.3, -0.25) is 24.5 Å². The first-order valence-corrected chi connectivity index (χ1v) is 21.6. The van der Waals surface area contributed by atoms with Crippen LogP contribution < -0.4 is 27.4 Å². The van der Waals surface area contributed by atoms with Gasteiger partial charge in [0.2, 0.25) is 22.0 Å². The Morgan fingerprint density at radius 2 is 1.09 bits per heavy atom. The molecule has 252 valence electrons. The van der Waals surface area contributed by atoms with Crippen LogP contribution in [0.15, 0.2) is 60.7 Å². The molecule has 0 aliphatic carbocycles. The first kappa shape index (κ1) is 39.1. The number of nitrogens with two attached hydrogens (primary N) is 2. The number of amides is 2. The predicted molar refractivity (Wildman–Crippen MR) is 198 cm³/mol. The van der Waals surface area contributed by atoms with Gasteiger partial charge in [-0.05, 0) is 32.7 Å². The second-order valence-corrected chi connectivity index (χ2v) is 17.7. The Kier molecular flexibility index (Phi) is 16.7. The van der Waals surface area contributed by atoms with E-state index in [1.54, 1.807) is 60.7 Å². The maximum absolute atomic E-state index is 14.5. The summed E-state index contributed by atoms with van der Waals surface area (Å²) in [6, 6.07) is 12.9. The summed E-state index contributed by atoms with van der Waals surface area (Å²) in [7, 11) is 0.146. The van der Waals surface area contributed by atoms with Crippen molar-refractivity contribution >= 4 is 100 Å². The smallest absolute Gasteiger partial charge is 0.238 e. The van der Waals surface area contributed by atoms with Crippen LogP contribution in [0, 0.1) is 0 Å². The van der Waals surface area contributed by atoms with E-state index in [4.69, 9.17) is 11.5 Å². The molecule has 1 saturated heterocycles. The third-order valence-electron chi connectivity index (χ3n) is 6.74. The van der Waals surface area contributed by atoms with Gasteiger partial charge in [-0.15, -0.1) is 0 Å². The summed E-state index contributed by atoms with van der Waals surface area (Å²) < 4.78 is 29.0. The fourth-order valence-electron chi connectivity index (χ4n) is 4.51. The van der Waals surface area contributed by atoms with Gasteiger partial charge in [0.1, 0.15) is 22.6 Å². The molecular formula is C28H37N5O6S7. The van der Waals surface area contributed by atoms with E-state index in [1.807, 2.05) is 0 Å². The molecule has 2 aromatic rings. The number of thiol groups is 2. The SMILES string of the molecule is N[C@@H](CS)C(=O)SSCCNC(=O)C1NC(C(=O)NCCSSC(=O)[C@@H](N)CS)C(c2ccccc2)S(=O)(=O)C1c1ccccc1. The van der Waals surface area contributed by atoms with Crippen LogP contribution in [0.1, 0.15) is 21.6 Å². The van der Waals surface area contributed by atoms with Gasteiger partial charge < -0.3 is 22.1 Å². The fraction of sp³-hybridized carbons (Fsp3) is 0.429. The molecule has 18 heteroatoms. The molecule has 3 rings (SSSR count). The number of nitrogens with one attached hydrogen (secondary N) is 3. The van der Waals surface area contributed by atoms with Crippen molar-refractivity contribution in [3.8, 4) is 0 Å². The Bertz CT molecular complexity index is 1320. The van der Waals surface area contributed by atoms with E-state index >= 15 is 0 Å². The minimum Gasteiger partial charge on any atom is -0.354 e. The molecule has 1 heterocycles. The van der Waals surface area contributed by atoms with Gasteiger partial charge in [0, 0.05) is 36.1 Å². The molecule has 1 aliphatic heterocycles. The summed E-state index contributed by atoms with van der Waals surface area (Å²) in [5, 5.41) is 5.54. The highest BCUT2D eigenvalue weighted by Crippen LogP contribution is 2.42. The van der Waals surface area contributed by atoms with Gasteiger partial charge >= 0.3 is 0 Å². The standard InChI is InChI=1S/C28H37N5O6S7/c29-19(15-40)27(36)44-42-13-11-31-25(34)21-23(17-7-3-1-4-8-17)46(38,39)24(18-9-5-2-6-10-18)22(33-21)26(35)32-12-14-43-45-28(37)20(30)16-41/h1-10,19-24,33,40-41H,11-16,29-30H2,(H,31,34)(H,32,35)/t19-,20-,21?,22?,23?,24?/m0/s1. The van der Waals surface area contributed by atoms with Crippen LogP contribution in [0.2, 0.25) is 0 Å². The minimum absolute atomic E-state index is 0.142. The molecule has 1 aliphatic rings. The zero-order valence-electron chi connectivity index (χ0n) is 24.5. The number of carbonyl (C=O) groups is 4. The summed E-state index contributed by atoms with van der Waals surface area (Å²) in [5.74, 6) is -0.0662. The van der Waals surface area contributed by atoms with Crippen molar-refractivity contribution in [3.05, 3.63) is 71.8 Å². The van der Waals surface area contributed by atoms with E-state index in [-0.39, 0.29) is 34.8 Å². The van der Waals surface area contributed by atoms with Crippen LogP contribution in [0.3, 0.4) is 0 Å². The Morgan fingerprint density at radius 3 is 1.43 bits per heavy atom. The van der Waals surface area contributed by atoms with Crippen LogP contribution in [-0.4, -0.2) is 90.7 Å². The summed E-state index contributed by atoms with van der Waals surface area (Å²) in [5.41, 5.74) is 12.2. The third-order valence-corrected chi connectivity index (χ3v) is 14.6. The lowest BCUT2D eigenvalue weighted by Crippen LogP contribution is -2.64. The van der Waals surface area contributed by atoms with E-state index in [0.29, 0.717) is 22.6 Å². The molecule has 11 nitrogen and oxygen atoms in total. The first-order valence-electron chi connectivity index (χ1n) is 14.1. The van der Waals surface area contributed by atoms with Crippen molar-refractivity contribution in [2.24, 2.45) is 11.5 Å². The van der Waals surface area contributed by atoms with E-state index in [0.717, 1.165) is 21.6 Å². The molecule has 4 unspecified atom stereocenters. The quantitative estimate of drug-likeness (QED) is 0.0745. The maximum Gasteiger partial charge on any atom is 0.238 e. The average molecular weight is 764 g/mol. The number of rotatable bonds is 16. The second kappa shape index (κ2) is 19.6. The van der Waals surface area contributed by atoms with E-state index in [2.05, 4.69) is 41.2 Å². The molecule has 7 N–H and O–H groups in total. The summed E-state index contributed by atoms with van der Waals surface area (Å²) in [6.45, 7) is 0.284. The number of hydrogen-bond donors (Lipinski definition) is 7. The maximum atomic E-state index is 14.5. The van der Waals surface area contributed by atoms with Crippen molar-refractivity contribution in [1.82, 2.24) is 16.0 Å². The summed E-state index contributed by atoms with van der Waals surface area (Å²) in [6.07, 6.45) is 0. The summed E-state index contributed by atoms with van der Waals surface area (Å²) >= 11 is 8.04. The largest absolute Gasteiger partial charge is 0.354 e. The van der Waals surface area contributed by atoms with Crippen molar-refractivity contribution < 1.29 is 27.6 Å². The minimum atomic E-state index is -4.21. The molecule has 0 spiro atoms. The van der Waals surface area contributed by atoms with Gasteiger partial charge in [-0.25, -0.2) is 8.42 Å². The molecule has 0 bridgehead atoms. The molecule has 46 heavy (non-hydrogen) atoms. The topological polar surface area (TPSA) is 191 Å². The summed E-state index contributed by atoms with van der Waals surface area (Å²) in [4.78, 5) is 51.2. The number of carbonyl (C=O) groups excluding carboxylic acids is 4. The van der Waals surface area contributed by atoms with E-state index in [9.17, 15) is 27.6 Å². The molecular weight excluding hydrogens is 727 g/mol. The molecule has 2 aromatic carbocycles. The van der Waals surface area contributed by atoms with Gasteiger partial charge in [0.25, 0.3) is 0 Å². The normalized spacial score (nSPS) is 21.9. The van der Waals surface area contributed by atoms with Crippen molar-refractivity contribution in [2.75, 3.05) is 36.1 Å². The molecule has 6 atom stereocenters. The molecule has 0 saturated carbocycles. The van der Waals surface area contributed by atoms with Crippen molar-refractivity contribution in [3.63, 3.8) is 0 Å². The number of benzene rings is 2. The molecule has 0 radical (unpaired) electrons. The zero-order valence-corrected chi connectivity index (χ0v) is 30.4. The Balaban J connectivity index is 1.82. The van der Waals surface area contributed by atoms with E-state index < -0.39 is 56.3 Å². The highest BCUT2D eigenvalue weighted by atomic mass is 33.1. The van der Waals surface area contributed by atoms with Crippen LogP contribution >= 0.6 is 68.4 Å². The van der Waals surface area contributed by atoms with Crippen molar-refractivity contribution in [2.45, 2.75) is 34.7 Å². The van der Waals surface area contributed by atoms with Gasteiger partial charge in [0.05, 0.1) is 12.1 Å². The monoisotopic (exact) mass is 763 g/mol. The predicted octanol–water partition coefficient (Wildman–Crippen LogP) is 1.79. The lowest BCUT2D eigenvalue weighted by atomic mass is 9.98. The number of sulfone groups is 1. The van der Waals surface area contributed by atoms with Crippen LogP contribution in [0.25, 0.3) is 0 Å². The third kappa shape index (κ3) is 10.8. The zero-order chi connectivity index (χ0) is 33.7. The second-order valence-electron chi connectivity index (χ2n) is 9.98. The van der Waals surface area contributed by atoms with Gasteiger partial charge in [-0.2, -0.15) is 25.3 Å². The lowest BCUT2D eigenvalue weighted by Gasteiger charge is -2.41. The highest BCUT2D eigenvalue weighted by molar-refractivity contribution is 8.82. The van der Waals surface area contributed by atoms with Crippen LogP contribution in [-0.2, 0) is 29.0 Å². The lowest BCUT2D eigenvalue weighted by molar-refractivity contribution is -0.126.